The maximum Gasteiger partial charge on any atom is 0.170 e. The summed E-state index contributed by atoms with van der Waals surface area (Å²) in [5.74, 6) is -1.24. The van der Waals surface area contributed by atoms with Gasteiger partial charge in [-0.2, -0.15) is 0 Å². The van der Waals surface area contributed by atoms with Gasteiger partial charge in [0.25, 0.3) is 0 Å². The minimum atomic E-state index is -0.840. The standard InChI is InChI=1S/C16H11BrF2O2/c17-11-5-9-3-4-21-16(9)10(6-11)7-15(20)13-2-1-12(18)8-14(13)19/h1-2,5-6,8H,3-4,7H2. The van der Waals surface area contributed by atoms with E-state index in [0.717, 1.165) is 28.6 Å². The molecule has 3 rings (SSSR count). The molecule has 2 aromatic rings. The van der Waals surface area contributed by atoms with Crippen LogP contribution in [0.15, 0.2) is 34.8 Å². The van der Waals surface area contributed by atoms with Gasteiger partial charge in [0.2, 0.25) is 0 Å². The first-order valence-electron chi connectivity index (χ1n) is 6.47. The molecule has 0 bridgehead atoms. The van der Waals surface area contributed by atoms with Crippen LogP contribution in [0.5, 0.6) is 5.75 Å². The van der Waals surface area contributed by atoms with Gasteiger partial charge in [-0.3, -0.25) is 4.79 Å². The van der Waals surface area contributed by atoms with Crippen molar-refractivity contribution in [2.75, 3.05) is 6.61 Å². The molecule has 0 fully saturated rings. The zero-order valence-electron chi connectivity index (χ0n) is 11.0. The fourth-order valence-electron chi connectivity index (χ4n) is 2.46. The molecule has 5 heteroatoms. The molecule has 1 heterocycles. The summed E-state index contributed by atoms with van der Waals surface area (Å²) in [5.41, 5.74) is 1.64. The van der Waals surface area contributed by atoms with E-state index in [0.29, 0.717) is 17.9 Å². The number of carbonyl (C=O) groups is 1. The van der Waals surface area contributed by atoms with E-state index in [4.69, 9.17) is 4.74 Å². The van der Waals surface area contributed by atoms with Crippen LogP contribution < -0.4 is 4.74 Å². The topological polar surface area (TPSA) is 26.3 Å². The third kappa shape index (κ3) is 2.83. The van der Waals surface area contributed by atoms with Crippen molar-refractivity contribution >= 4 is 21.7 Å². The molecule has 0 N–H and O–H groups in total. The Morgan fingerprint density at radius 2 is 2.05 bits per heavy atom. The lowest BCUT2D eigenvalue weighted by molar-refractivity contribution is 0.0988. The highest BCUT2D eigenvalue weighted by Crippen LogP contribution is 2.33. The largest absolute Gasteiger partial charge is 0.493 e. The lowest BCUT2D eigenvalue weighted by atomic mass is 9.99. The Hall–Kier alpha value is -1.75. The second kappa shape index (κ2) is 5.56. The minimum Gasteiger partial charge on any atom is -0.493 e. The maximum atomic E-state index is 13.7. The number of hydrogen-bond donors (Lipinski definition) is 0. The van der Waals surface area contributed by atoms with Gasteiger partial charge in [-0.15, -0.1) is 0 Å². The summed E-state index contributed by atoms with van der Waals surface area (Å²) >= 11 is 3.40. The van der Waals surface area contributed by atoms with Crippen LogP contribution in [0.25, 0.3) is 0 Å². The van der Waals surface area contributed by atoms with Gasteiger partial charge >= 0.3 is 0 Å². The summed E-state index contributed by atoms with van der Waals surface area (Å²) < 4.78 is 32.9. The second-order valence-electron chi connectivity index (χ2n) is 4.88. The fraction of sp³-hybridized carbons (Fsp3) is 0.188. The van der Waals surface area contributed by atoms with Crippen molar-refractivity contribution in [2.24, 2.45) is 0 Å². The van der Waals surface area contributed by atoms with Crippen LogP contribution in [0, 0.1) is 11.6 Å². The van der Waals surface area contributed by atoms with Gasteiger partial charge in [-0.05, 0) is 29.8 Å². The third-order valence-corrected chi connectivity index (χ3v) is 3.87. The van der Waals surface area contributed by atoms with Crippen LogP contribution >= 0.6 is 15.9 Å². The van der Waals surface area contributed by atoms with Crippen LogP contribution in [-0.4, -0.2) is 12.4 Å². The number of benzene rings is 2. The summed E-state index contributed by atoms with van der Waals surface area (Å²) in [7, 11) is 0. The number of fused-ring (bicyclic) bond motifs is 1. The van der Waals surface area contributed by atoms with Gasteiger partial charge in [0.1, 0.15) is 17.4 Å². The normalized spacial score (nSPS) is 12.9. The molecule has 2 aromatic carbocycles. The molecular weight excluding hydrogens is 342 g/mol. The molecule has 1 aliphatic heterocycles. The molecule has 0 aromatic heterocycles. The molecule has 108 valence electrons. The van der Waals surface area contributed by atoms with Crippen LogP contribution in [0.1, 0.15) is 21.5 Å². The van der Waals surface area contributed by atoms with Crippen LogP contribution in [0.3, 0.4) is 0 Å². The minimum absolute atomic E-state index is 0.0182. The average molecular weight is 353 g/mol. The SMILES string of the molecule is O=C(Cc1cc(Br)cc2c1OCC2)c1ccc(F)cc1F. The van der Waals surface area contributed by atoms with Crippen molar-refractivity contribution < 1.29 is 18.3 Å². The van der Waals surface area contributed by atoms with Crippen LogP contribution in [0.4, 0.5) is 8.78 Å². The third-order valence-electron chi connectivity index (χ3n) is 3.41. The number of rotatable bonds is 3. The van der Waals surface area contributed by atoms with Gasteiger partial charge < -0.3 is 4.74 Å². The highest BCUT2D eigenvalue weighted by Gasteiger charge is 2.21. The van der Waals surface area contributed by atoms with Crippen LogP contribution in [0.2, 0.25) is 0 Å². The molecule has 0 saturated carbocycles. The van der Waals surface area contributed by atoms with E-state index < -0.39 is 17.4 Å². The molecule has 0 amide bonds. The van der Waals surface area contributed by atoms with E-state index in [-0.39, 0.29) is 12.0 Å². The molecule has 0 spiro atoms. The Balaban J connectivity index is 1.92. The van der Waals surface area contributed by atoms with Crippen molar-refractivity contribution in [3.05, 3.63) is 63.1 Å². The molecule has 0 radical (unpaired) electrons. The number of Topliss-reactive ketones (excluding diaryl/α,β-unsaturated/α-hetero) is 1. The molecular formula is C16H11BrF2O2. The lowest BCUT2D eigenvalue weighted by Crippen LogP contribution is -2.07. The Kier molecular flexibility index (Phi) is 3.76. The van der Waals surface area contributed by atoms with E-state index in [1.165, 1.54) is 6.07 Å². The highest BCUT2D eigenvalue weighted by molar-refractivity contribution is 9.10. The summed E-state index contributed by atoms with van der Waals surface area (Å²) in [6, 6.07) is 6.72. The Morgan fingerprint density at radius 1 is 1.24 bits per heavy atom. The van der Waals surface area contributed by atoms with E-state index in [2.05, 4.69) is 15.9 Å². The average Bonchev–Trinajstić information content (AvgIpc) is 2.86. The van der Waals surface area contributed by atoms with Gasteiger partial charge in [-0.1, -0.05) is 15.9 Å². The molecule has 1 aliphatic rings. The number of ketones is 1. The van der Waals surface area contributed by atoms with E-state index in [1.54, 1.807) is 6.07 Å². The van der Waals surface area contributed by atoms with E-state index >= 15 is 0 Å². The lowest BCUT2D eigenvalue weighted by Gasteiger charge is -2.09. The summed E-state index contributed by atoms with van der Waals surface area (Å²) in [5, 5.41) is 0. The predicted octanol–water partition coefficient (Wildman–Crippen LogP) is 4.09. The predicted molar refractivity (Wildman–Crippen MR) is 77.7 cm³/mol. The molecule has 0 atom stereocenters. The van der Waals surface area contributed by atoms with Gasteiger partial charge in [0, 0.05) is 28.9 Å². The monoisotopic (exact) mass is 352 g/mol. The van der Waals surface area contributed by atoms with Crippen LogP contribution in [-0.2, 0) is 12.8 Å². The Morgan fingerprint density at radius 3 is 2.81 bits per heavy atom. The highest BCUT2D eigenvalue weighted by atomic mass is 79.9. The Bertz CT molecular complexity index is 728. The summed E-state index contributed by atoms with van der Waals surface area (Å²) in [6.07, 6.45) is 0.811. The molecule has 0 unspecified atom stereocenters. The summed E-state index contributed by atoms with van der Waals surface area (Å²) in [4.78, 5) is 12.2. The Labute approximate surface area is 128 Å². The number of hydrogen-bond acceptors (Lipinski definition) is 2. The first-order chi connectivity index (χ1) is 10.0. The first kappa shape index (κ1) is 14.2. The van der Waals surface area contributed by atoms with Gasteiger partial charge in [0.05, 0.1) is 12.2 Å². The molecule has 2 nitrogen and oxygen atoms in total. The smallest absolute Gasteiger partial charge is 0.170 e. The summed E-state index contributed by atoms with van der Waals surface area (Å²) in [6.45, 7) is 0.581. The van der Waals surface area contributed by atoms with Crippen molar-refractivity contribution in [2.45, 2.75) is 12.8 Å². The zero-order chi connectivity index (χ0) is 15.0. The van der Waals surface area contributed by atoms with E-state index in [1.807, 2.05) is 6.07 Å². The van der Waals surface area contributed by atoms with Gasteiger partial charge in [0.15, 0.2) is 5.78 Å². The molecule has 0 saturated heterocycles. The fourth-order valence-corrected chi connectivity index (χ4v) is 3.01. The van der Waals surface area contributed by atoms with Gasteiger partial charge in [-0.25, -0.2) is 8.78 Å². The first-order valence-corrected chi connectivity index (χ1v) is 7.26. The van der Waals surface area contributed by atoms with Crippen molar-refractivity contribution in [3.63, 3.8) is 0 Å². The number of carbonyl (C=O) groups excluding carboxylic acids is 1. The van der Waals surface area contributed by atoms with E-state index in [9.17, 15) is 13.6 Å². The molecule has 0 aliphatic carbocycles. The maximum absolute atomic E-state index is 13.7. The van der Waals surface area contributed by atoms with Crippen molar-refractivity contribution in [1.29, 1.82) is 0 Å². The number of ether oxygens (including phenoxy) is 1. The second-order valence-corrected chi connectivity index (χ2v) is 5.79. The zero-order valence-corrected chi connectivity index (χ0v) is 12.5. The molecule has 21 heavy (non-hydrogen) atoms. The van der Waals surface area contributed by atoms with Crippen molar-refractivity contribution in [1.82, 2.24) is 0 Å². The quantitative estimate of drug-likeness (QED) is 0.777. The number of halogens is 3. The van der Waals surface area contributed by atoms with Crippen molar-refractivity contribution in [3.8, 4) is 5.75 Å².